The average molecular weight is 389 g/mol. The topological polar surface area (TPSA) is 102 Å². The molecule has 0 radical (unpaired) electrons. The molecule has 0 aliphatic carbocycles. The normalized spacial score (nSPS) is 10.8. The van der Waals surface area contributed by atoms with E-state index in [-0.39, 0.29) is 12.5 Å². The summed E-state index contributed by atoms with van der Waals surface area (Å²) in [4.78, 5) is 24.6. The zero-order valence-corrected chi connectivity index (χ0v) is 16.0. The van der Waals surface area contributed by atoms with Gasteiger partial charge in [-0.3, -0.25) is 25.1 Å². The van der Waals surface area contributed by atoms with Crippen molar-refractivity contribution in [2.75, 3.05) is 0 Å². The lowest BCUT2D eigenvalue weighted by Crippen LogP contribution is -2.43. The maximum atomic E-state index is 12.5. The van der Waals surface area contributed by atoms with E-state index in [0.717, 1.165) is 22.3 Å². The van der Waals surface area contributed by atoms with Crippen LogP contribution >= 0.6 is 0 Å². The van der Waals surface area contributed by atoms with Crippen molar-refractivity contribution in [2.45, 2.75) is 20.4 Å². The minimum Gasteiger partial charge on any atom is -0.355 e. The predicted octanol–water partition coefficient (Wildman–Crippen LogP) is 2.77. The molecule has 0 bridgehead atoms. The van der Waals surface area contributed by atoms with E-state index in [2.05, 4.69) is 21.1 Å². The molecule has 8 nitrogen and oxygen atoms in total. The minimum absolute atomic E-state index is 0.0167. The van der Waals surface area contributed by atoms with Crippen molar-refractivity contribution in [3.63, 3.8) is 0 Å². The highest BCUT2D eigenvalue weighted by Gasteiger charge is 2.15. The number of aryl methyl sites for hydroxylation is 2. The van der Waals surface area contributed by atoms with Crippen LogP contribution in [0, 0.1) is 13.8 Å². The highest BCUT2D eigenvalue weighted by atomic mass is 16.5. The van der Waals surface area contributed by atoms with Gasteiger partial charge in [0.25, 0.3) is 11.8 Å². The van der Waals surface area contributed by atoms with Gasteiger partial charge in [0.15, 0.2) is 5.76 Å². The fraction of sp³-hybridized carbons (Fsp3) is 0.143. The molecule has 2 amide bonds. The first kappa shape index (κ1) is 18.4. The Hall–Kier alpha value is -3.94. The van der Waals surface area contributed by atoms with Crippen LogP contribution in [0.4, 0.5) is 0 Å². The molecule has 0 atom stereocenters. The first-order chi connectivity index (χ1) is 14.0. The van der Waals surface area contributed by atoms with E-state index in [4.69, 9.17) is 4.52 Å². The van der Waals surface area contributed by atoms with Gasteiger partial charge < -0.3 is 4.52 Å². The van der Waals surface area contributed by atoms with Gasteiger partial charge in [-0.15, -0.1) is 0 Å². The molecule has 0 aliphatic heterocycles. The Bertz CT molecular complexity index is 1190. The van der Waals surface area contributed by atoms with E-state index in [9.17, 15) is 9.59 Å². The van der Waals surface area contributed by atoms with Crippen LogP contribution in [-0.2, 0) is 11.3 Å². The Balaban J connectivity index is 1.47. The van der Waals surface area contributed by atoms with Crippen molar-refractivity contribution in [2.24, 2.45) is 0 Å². The zero-order valence-electron chi connectivity index (χ0n) is 16.0. The highest BCUT2D eigenvalue weighted by Crippen LogP contribution is 2.29. The van der Waals surface area contributed by atoms with E-state index in [1.807, 2.05) is 50.2 Å². The summed E-state index contributed by atoms with van der Waals surface area (Å²) in [5, 5.41) is 8.99. The van der Waals surface area contributed by atoms with Crippen molar-refractivity contribution >= 4 is 22.7 Å². The Kier molecular flexibility index (Phi) is 4.82. The summed E-state index contributed by atoms with van der Waals surface area (Å²) in [6.45, 7) is 3.74. The van der Waals surface area contributed by atoms with Crippen LogP contribution in [0.3, 0.4) is 0 Å². The van der Waals surface area contributed by atoms with Crippen LogP contribution in [-0.4, -0.2) is 26.8 Å². The van der Waals surface area contributed by atoms with Gasteiger partial charge in [-0.1, -0.05) is 35.5 Å². The third-order valence-corrected chi connectivity index (χ3v) is 4.49. The number of nitrogens with one attached hydrogen (secondary N) is 2. The van der Waals surface area contributed by atoms with Crippen LogP contribution in [0.25, 0.3) is 22.2 Å². The molecule has 4 aromatic rings. The molecule has 0 spiro atoms. The molecular formula is C21H19N5O3. The first-order valence-electron chi connectivity index (χ1n) is 9.06. The largest absolute Gasteiger partial charge is 0.355 e. The number of rotatable bonds is 4. The molecule has 0 saturated carbocycles. The lowest BCUT2D eigenvalue weighted by atomic mass is 10.1. The van der Waals surface area contributed by atoms with Gasteiger partial charge in [0.05, 0.1) is 11.1 Å². The number of amides is 2. The second-order valence-corrected chi connectivity index (χ2v) is 6.70. The number of hydrogen-bond acceptors (Lipinski definition) is 5. The predicted molar refractivity (Wildman–Crippen MR) is 107 cm³/mol. The third kappa shape index (κ3) is 3.86. The van der Waals surface area contributed by atoms with E-state index in [1.54, 1.807) is 22.9 Å². The first-order valence-corrected chi connectivity index (χ1v) is 9.06. The average Bonchev–Trinajstić information content (AvgIpc) is 3.28. The van der Waals surface area contributed by atoms with Gasteiger partial charge in [0, 0.05) is 16.8 Å². The zero-order chi connectivity index (χ0) is 20.4. The smallest absolute Gasteiger partial charge is 0.269 e. The number of nitrogens with zero attached hydrogens (tertiary/aromatic N) is 3. The van der Waals surface area contributed by atoms with Gasteiger partial charge in [0.1, 0.15) is 12.1 Å². The molecule has 8 heteroatoms. The fourth-order valence-electron chi connectivity index (χ4n) is 3.09. The molecule has 146 valence electrons. The summed E-state index contributed by atoms with van der Waals surface area (Å²) in [7, 11) is 0. The van der Waals surface area contributed by atoms with Gasteiger partial charge in [-0.05, 0) is 38.1 Å². The number of carbonyl (C=O) groups excluding carboxylic acids is 2. The molecule has 2 aromatic heterocycles. The number of hydrogen-bond donors (Lipinski definition) is 2. The standard InChI is InChI=1S/C21H19N5O3/c1-13-10-14(2)26(24-13)12-19(27)22-23-21(28)16-8-9-18-17(11-16)20(29-25-18)15-6-4-3-5-7-15/h3-11H,12H2,1-2H3,(H,22,27)(H,23,28). The maximum absolute atomic E-state index is 12.5. The monoisotopic (exact) mass is 389 g/mol. The van der Waals surface area contributed by atoms with Crippen molar-refractivity contribution in [3.05, 3.63) is 71.5 Å². The SMILES string of the molecule is Cc1cc(C)n(CC(=O)NNC(=O)c2ccc3noc(-c4ccccc4)c3c2)n1. The van der Waals surface area contributed by atoms with Crippen molar-refractivity contribution < 1.29 is 14.1 Å². The minimum atomic E-state index is -0.436. The third-order valence-electron chi connectivity index (χ3n) is 4.49. The lowest BCUT2D eigenvalue weighted by Gasteiger charge is -2.08. The highest BCUT2D eigenvalue weighted by molar-refractivity contribution is 6.01. The Morgan fingerprint density at radius 3 is 2.55 bits per heavy atom. The van der Waals surface area contributed by atoms with Crippen LogP contribution < -0.4 is 10.9 Å². The van der Waals surface area contributed by atoms with E-state index < -0.39 is 5.91 Å². The van der Waals surface area contributed by atoms with Crippen molar-refractivity contribution in [3.8, 4) is 11.3 Å². The second kappa shape index (κ2) is 7.59. The van der Waals surface area contributed by atoms with E-state index in [1.165, 1.54) is 0 Å². The molecule has 29 heavy (non-hydrogen) atoms. The van der Waals surface area contributed by atoms with Gasteiger partial charge in [-0.2, -0.15) is 5.10 Å². The molecule has 2 heterocycles. The number of benzene rings is 2. The van der Waals surface area contributed by atoms with Crippen LogP contribution in [0.5, 0.6) is 0 Å². The Morgan fingerprint density at radius 2 is 1.83 bits per heavy atom. The number of fused-ring (bicyclic) bond motifs is 1. The van der Waals surface area contributed by atoms with Crippen molar-refractivity contribution in [1.29, 1.82) is 0 Å². The summed E-state index contributed by atoms with van der Waals surface area (Å²) < 4.78 is 7.03. The van der Waals surface area contributed by atoms with Gasteiger partial charge in [0.2, 0.25) is 0 Å². The molecular weight excluding hydrogens is 370 g/mol. The summed E-state index contributed by atoms with van der Waals surface area (Å²) in [5.41, 5.74) is 8.44. The lowest BCUT2D eigenvalue weighted by molar-refractivity contribution is -0.122. The fourth-order valence-corrected chi connectivity index (χ4v) is 3.09. The summed E-state index contributed by atoms with van der Waals surface area (Å²) >= 11 is 0. The van der Waals surface area contributed by atoms with Crippen LogP contribution in [0.2, 0.25) is 0 Å². The molecule has 0 fully saturated rings. The van der Waals surface area contributed by atoms with Gasteiger partial charge in [-0.25, -0.2) is 0 Å². The summed E-state index contributed by atoms with van der Waals surface area (Å²) in [5.74, 6) is -0.224. The molecule has 2 aromatic carbocycles. The Morgan fingerprint density at radius 1 is 1.03 bits per heavy atom. The molecule has 0 aliphatic rings. The molecule has 4 rings (SSSR count). The van der Waals surface area contributed by atoms with E-state index in [0.29, 0.717) is 16.8 Å². The van der Waals surface area contributed by atoms with Gasteiger partial charge >= 0.3 is 0 Å². The van der Waals surface area contributed by atoms with Crippen molar-refractivity contribution in [1.82, 2.24) is 25.8 Å². The second-order valence-electron chi connectivity index (χ2n) is 6.70. The van der Waals surface area contributed by atoms with E-state index >= 15 is 0 Å². The molecule has 0 unspecified atom stereocenters. The quantitative estimate of drug-likeness (QED) is 0.523. The van der Waals surface area contributed by atoms with Crippen LogP contribution in [0.1, 0.15) is 21.7 Å². The Labute approximate surface area is 166 Å². The number of aromatic nitrogens is 3. The number of carbonyl (C=O) groups is 2. The molecule has 2 N–H and O–H groups in total. The maximum Gasteiger partial charge on any atom is 0.269 e. The number of hydrazine groups is 1. The van der Waals surface area contributed by atoms with Crippen LogP contribution in [0.15, 0.2) is 59.1 Å². The summed E-state index contributed by atoms with van der Waals surface area (Å²) in [6, 6.07) is 16.4. The molecule has 0 saturated heterocycles. The summed E-state index contributed by atoms with van der Waals surface area (Å²) in [6.07, 6.45) is 0.